The number of nitrogens with one attached hydrogen (secondary N) is 1. The van der Waals surface area contributed by atoms with E-state index in [-0.39, 0.29) is 11.3 Å². The Morgan fingerprint density at radius 3 is 1.96 bits per heavy atom. The number of carbonyl (C=O) groups is 1. The highest BCUT2D eigenvalue weighted by Crippen LogP contribution is 2.24. The average Bonchev–Trinajstić information content (AvgIpc) is 2.62. The van der Waals surface area contributed by atoms with Crippen molar-refractivity contribution in [2.45, 2.75) is 39.5 Å². The average molecular weight is 368 g/mol. The molecule has 0 aliphatic carbocycles. The maximum Gasteiger partial charge on any atom is 0.236 e. The molecule has 0 radical (unpaired) electrons. The largest absolute Gasteiger partial charge is 0.493 e. The van der Waals surface area contributed by atoms with E-state index < -0.39 is 0 Å². The summed E-state index contributed by atoms with van der Waals surface area (Å²) in [5, 5.41) is 3.82. The van der Waals surface area contributed by atoms with E-state index in [0.717, 1.165) is 23.5 Å². The summed E-state index contributed by atoms with van der Waals surface area (Å²) in [5.41, 5.74) is 4.70. The third-order valence-electron chi connectivity index (χ3n) is 3.86. The number of benzene rings is 2. The van der Waals surface area contributed by atoms with Crippen LogP contribution >= 0.6 is 0 Å². The van der Waals surface area contributed by atoms with Crippen LogP contribution in [0.25, 0.3) is 0 Å². The molecule has 144 valence electrons. The Morgan fingerprint density at radius 1 is 0.963 bits per heavy atom. The van der Waals surface area contributed by atoms with Gasteiger partial charge in [-0.2, -0.15) is 5.10 Å². The summed E-state index contributed by atoms with van der Waals surface area (Å²) in [6.07, 6.45) is 2.39. The zero-order valence-corrected chi connectivity index (χ0v) is 16.5. The molecule has 5 heteroatoms. The Kier molecular flexibility index (Phi) is 7.41. The zero-order valence-electron chi connectivity index (χ0n) is 16.5. The fourth-order valence-electron chi connectivity index (χ4n) is 2.34. The van der Waals surface area contributed by atoms with Crippen molar-refractivity contribution in [1.29, 1.82) is 0 Å². The van der Waals surface area contributed by atoms with Crippen LogP contribution in [0.3, 0.4) is 0 Å². The SMILES string of the molecule is CC(=O)N/N=C\c1ccc(OCCCOc2ccc(C(C)(C)C)cc2)cc1. The first-order chi connectivity index (χ1) is 12.8. The molecule has 0 saturated carbocycles. The van der Waals surface area contributed by atoms with Crippen molar-refractivity contribution in [3.05, 3.63) is 59.7 Å². The van der Waals surface area contributed by atoms with Gasteiger partial charge in [-0.25, -0.2) is 5.43 Å². The highest BCUT2D eigenvalue weighted by Gasteiger charge is 2.12. The molecule has 2 aromatic rings. The Balaban J connectivity index is 1.68. The maximum atomic E-state index is 10.7. The predicted molar refractivity (Wildman–Crippen MR) is 109 cm³/mol. The Morgan fingerprint density at radius 2 is 1.48 bits per heavy atom. The monoisotopic (exact) mass is 368 g/mol. The van der Waals surface area contributed by atoms with Crippen LogP contribution in [-0.2, 0) is 10.2 Å². The van der Waals surface area contributed by atoms with Gasteiger partial charge in [0.05, 0.1) is 19.4 Å². The van der Waals surface area contributed by atoms with Gasteiger partial charge in [-0.1, -0.05) is 32.9 Å². The molecule has 2 aromatic carbocycles. The Hall–Kier alpha value is -2.82. The molecule has 1 N–H and O–H groups in total. The normalized spacial score (nSPS) is 11.4. The summed E-state index contributed by atoms with van der Waals surface area (Å²) in [6.45, 7) is 9.20. The molecule has 0 saturated heterocycles. The second-order valence-corrected chi connectivity index (χ2v) is 7.32. The van der Waals surface area contributed by atoms with Crippen LogP contribution in [0.2, 0.25) is 0 Å². The van der Waals surface area contributed by atoms with Gasteiger partial charge in [0.1, 0.15) is 11.5 Å². The van der Waals surface area contributed by atoms with Crippen LogP contribution in [0.1, 0.15) is 45.2 Å². The van der Waals surface area contributed by atoms with Gasteiger partial charge in [0.25, 0.3) is 0 Å². The zero-order chi connectivity index (χ0) is 19.7. The van der Waals surface area contributed by atoms with E-state index in [1.165, 1.54) is 12.5 Å². The minimum Gasteiger partial charge on any atom is -0.493 e. The fourth-order valence-corrected chi connectivity index (χ4v) is 2.34. The molecule has 5 nitrogen and oxygen atoms in total. The molecule has 0 fully saturated rings. The molecule has 0 heterocycles. The molecule has 0 unspecified atom stereocenters. The minimum absolute atomic E-state index is 0.151. The summed E-state index contributed by atoms with van der Waals surface area (Å²) in [6, 6.07) is 15.8. The molecule has 27 heavy (non-hydrogen) atoms. The predicted octanol–water partition coefficient (Wildman–Crippen LogP) is 4.30. The van der Waals surface area contributed by atoms with Crippen molar-refractivity contribution in [2.75, 3.05) is 13.2 Å². The standard InChI is InChI=1S/C22H28N2O3/c1-17(25)24-23-16-18-6-10-20(11-7-18)26-14-5-15-27-21-12-8-19(9-13-21)22(2,3)4/h6-13,16H,5,14-15H2,1-4H3,(H,24,25)/b23-16-. The minimum atomic E-state index is -0.196. The number of hydrogen-bond donors (Lipinski definition) is 1. The van der Waals surface area contributed by atoms with Gasteiger partial charge in [-0.3, -0.25) is 4.79 Å². The molecular weight excluding hydrogens is 340 g/mol. The number of hydrogen-bond acceptors (Lipinski definition) is 4. The summed E-state index contributed by atoms with van der Waals surface area (Å²) in [4.78, 5) is 10.7. The van der Waals surface area contributed by atoms with E-state index >= 15 is 0 Å². The lowest BCUT2D eigenvalue weighted by molar-refractivity contribution is -0.118. The van der Waals surface area contributed by atoms with E-state index in [1.54, 1.807) is 6.21 Å². The van der Waals surface area contributed by atoms with Crippen molar-refractivity contribution in [3.8, 4) is 11.5 Å². The second-order valence-electron chi connectivity index (χ2n) is 7.32. The van der Waals surface area contributed by atoms with Crippen LogP contribution in [0, 0.1) is 0 Å². The molecule has 0 aromatic heterocycles. The molecule has 1 amide bonds. The smallest absolute Gasteiger partial charge is 0.236 e. The van der Waals surface area contributed by atoms with E-state index in [4.69, 9.17) is 9.47 Å². The van der Waals surface area contributed by atoms with Gasteiger partial charge in [-0.05, 0) is 52.9 Å². The number of nitrogens with zero attached hydrogens (tertiary/aromatic N) is 1. The number of carbonyl (C=O) groups excluding carboxylic acids is 1. The van der Waals surface area contributed by atoms with Gasteiger partial charge in [0, 0.05) is 13.3 Å². The van der Waals surface area contributed by atoms with Crippen LogP contribution in [-0.4, -0.2) is 25.3 Å². The molecule has 0 bridgehead atoms. The molecular formula is C22H28N2O3. The Labute approximate surface area is 161 Å². The van der Waals surface area contributed by atoms with Crippen molar-refractivity contribution in [2.24, 2.45) is 5.10 Å². The fraction of sp³-hybridized carbons (Fsp3) is 0.364. The summed E-state index contributed by atoms with van der Waals surface area (Å²) < 4.78 is 11.5. The quantitative estimate of drug-likeness (QED) is 0.429. The van der Waals surface area contributed by atoms with Crippen molar-refractivity contribution in [1.82, 2.24) is 5.43 Å². The van der Waals surface area contributed by atoms with Crippen LogP contribution in [0.15, 0.2) is 53.6 Å². The number of ether oxygens (including phenoxy) is 2. The third-order valence-corrected chi connectivity index (χ3v) is 3.86. The van der Waals surface area contributed by atoms with E-state index in [0.29, 0.717) is 13.2 Å². The lowest BCUT2D eigenvalue weighted by atomic mass is 9.87. The van der Waals surface area contributed by atoms with Gasteiger partial charge in [0.2, 0.25) is 5.91 Å². The van der Waals surface area contributed by atoms with Crippen LogP contribution in [0.5, 0.6) is 11.5 Å². The van der Waals surface area contributed by atoms with Crippen LogP contribution < -0.4 is 14.9 Å². The van der Waals surface area contributed by atoms with Crippen molar-refractivity contribution in [3.63, 3.8) is 0 Å². The van der Waals surface area contributed by atoms with E-state index in [9.17, 15) is 4.79 Å². The van der Waals surface area contributed by atoms with Crippen molar-refractivity contribution >= 4 is 12.1 Å². The first-order valence-electron chi connectivity index (χ1n) is 9.10. The molecule has 0 atom stereocenters. The second kappa shape index (κ2) is 9.76. The topological polar surface area (TPSA) is 59.9 Å². The molecule has 0 spiro atoms. The third kappa shape index (κ3) is 7.52. The highest BCUT2D eigenvalue weighted by atomic mass is 16.5. The summed E-state index contributed by atoms with van der Waals surface area (Å²) in [7, 11) is 0. The first kappa shape index (κ1) is 20.5. The number of amides is 1. The summed E-state index contributed by atoms with van der Waals surface area (Å²) in [5.74, 6) is 1.48. The highest BCUT2D eigenvalue weighted by molar-refractivity contribution is 5.81. The van der Waals surface area contributed by atoms with E-state index in [1.807, 2.05) is 36.4 Å². The molecule has 2 rings (SSSR count). The van der Waals surface area contributed by atoms with Gasteiger partial charge in [-0.15, -0.1) is 0 Å². The molecule has 0 aliphatic heterocycles. The molecule has 0 aliphatic rings. The van der Waals surface area contributed by atoms with Gasteiger partial charge >= 0.3 is 0 Å². The first-order valence-corrected chi connectivity index (χ1v) is 9.10. The summed E-state index contributed by atoms with van der Waals surface area (Å²) >= 11 is 0. The van der Waals surface area contributed by atoms with Gasteiger partial charge < -0.3 is 9.47 Å². The number of rotatable bonds is 8. The Bertz CT molecular complexity index is 745. The maximum absolute atomic E-state index is 10.7. The van der Waals surface area contributed by atoms with Crippen molar-refractivity contribution < 1.29 is 14.3 Å². The number of hydrazone groups is 1. The van der Waals surface area contributed by atoms with Gasteiger partial charge in [0.15, 0.2) is 0 Å². The van der Waals surface area contributed by atoms with E-state index in [2.05, 4.69) is 43.4 Å². The lowest BCUT2D eigenvalue weighted by Crippen LogP contribution is -2.12. The van der Waals surface area contributed by atoms with Crippen LogP contribution in [0.4, 0.5) is 0 Å². The lowest BCUT2D eigenvalue weighted by Gasteiger charge is -2.19.